The summed E-state index contributed by atoms with van der Waals surface area (Å²) >= 11 is 0. The highest BCUT2D eigenvalue weighted by Crippen LogP contribution is 2.40. The fraction of sp³-hybridized carbons (Fsp3) is 0.632. The molecule has 5 heteroatoms. The van der Waals surface area contributed by atoms with Gasteiger partial charge in [0.25, 0.3) is 0 Å². The van der Waals surface area contributed by atoms with Crippen LogP contribution in [0.2, 0.25) is 0 Å². The van der Waals surface area contributed by atoms with Crippen molar-refractivity contribution in [3.8, 4) is 0 Å². The molecule has 1 atom stereocenters. The number of hydrogen-bond donors (Lipinski definition) is 2. The van der Waals surface area contributed by atoms with E-state index in [-0.39, 0.29) is 24.1 Å². The summed E-state index contributed by atoms with van der Waals surface area (Å²) in [6.07, 6.45) is 7.12. The predicted octanol–water partition coefficient (Wildman–Crippen LogP) is 3.57. The first-order chi connectivity index (χ1) is 11.2. The maximum Gasteiger partial charge on any atom is 0.230 e. The summed E-state index contributed by atoms with van der Waals surface area (Å²) in [6, 6.07) is 6.63. The molecule has 0 bridgehead atoms. The highest BCUT2D eigenvalue weighted by Gasteiger charge is 2.41. The normalized spacial score (nSPS) is 22.6. The van der Waals surface area contributed by atoms with Crippen LogP contribution < -0.4 is 10.6 Å². The Morgan fingerprint density at radius 1 is 1.29 bits per heavy atom. The van der Waals surface area contributed by atoms with Crippen molar-refractivity contribution in [2.45, 2.75) is 50.4 Å². The molecule has 1 unspecified atom stereocenters. The van der Waals surface area contributed by atoms with E-state index in [1.54, 1.807) is 12.1 Å². The number of amides is 1. The first-order valence-electron chi connectivity index (χ1n) is 8.96. The van der Waals surface area contributed by atoms with E-state index in [2.05, 4.69) is 10.6 Å². The average Bonchev–Trinajstić information content (AvgIpc) is 3.09. The monoisotopic (exact) mass is 354 g/mol. The van der Waals surface area contributed by atoms with Gasteiger partial charge in [0, 0.05) is 6.54 Å². The van der Waals surface area contributed by atoms with E-state index in [0.717, 1.165) is 63.7 Å². The minimum Gasteiger partial charge on any atom is -0.355 e. The van der Waals surface area contributed by atoms with Crippen molar-refractivity contribution in [2.24, 2.45) is 5.92 Å². The summed E-state index contributed by atoms with van der Waals surface area (Å²) in [5.41, 5.74) is 0.311. The molecule has 24 heavy (non-hydrogen) atoms. The van der Waals surface area contributed by atoms with Crippen molar-refractivity contribution in [2.75, 3.05) is 19.6 Å². The third-order valence-electron chi connectivity index (χ3n) is 5.52. The molecule has 1 aliphatic heterocycles. The topological polar surface area (TPSA) is 41.1 Å². The van der Waals surface area contributed by atoms with Gasteiger partial charge in [-0.2, -0.15) is 0 Å². The number of benzene rings is 1. The second-order valence-electron chi connectivity index (χ2n) is 7.06. The summed E-state index contributed by atoms with van der Waals surface area (Å²) in [5.74, 6) is 0.512. The quantitative estimate of drug-likeness (QED) is 0.848. The van der Waals surface area contributed by atoms with E-state index < -0.39 is 5.41 Å². The molecule has 0 spiro atoms. The predicted molar refractivity (Wildman–Crippen MR) is 97.0 cm³/mol. The van der Waals surface area contributed by atoms with E-state index in [4.69, 9.17) is 0 Å². The molecule has 1 aromatic rings. The van der Waals surface area contributed by atoms with Gasteiger partial charge >= 0.3 is 0 Å². The Morgan fingerprint density at radius 3 is 2.75 bits per heavy atom. The maximum atomic E-state index is 13.7. The van der Waals surface area contributed by atoms with Gasteiger partial charge in [-0.25, -0.2) is 4.39 Å². The minimum atomic E-state index is -0.533. The first-order valence-corrected chi connectivity index (χ1v) is 8.96. The lowest BCUT2D eigenvalue weighted by Crippen LogP contribution is -2.46. The fourth-order valence-electron chi connectivity index (χ4n) is 4.11. The highest BCUT2D eigenvalue weighted by molar-refractivity contribution is 5.88. The van der Waals surface area contributed by atoms with Gasteiger partial charge in [-0.15, -0.1) is 12.4 Å². The molecule has 1 aliphatic carbocycles. The van der Waals surface area contributed by atoms with E-state index in [1.165, 1.54) is 12.5 Å². The molecule has 1 aromatic carbocycles. The van der Waals surface area contributed by atoms with Crippen molar-refractivity contribution >= 4 is 18.3 Å². The second kappa shape index (κ2) is 8.82. The number of carbonyl (C=O) groups is 1. The minimum absolute atomic E-state index is 0. The zero-order chi connectivity index (χ0) is 16.1. The molecule has 3 nitrogen and oxygen atoms in total. The Labute approximate surface area is 150 Å². The van der Waals surface area contributed by atoms with Crippen molar-refractivity contribution in [3.05, 3.63) is 35.6 Å². The van der Waals surface area contributed by atoms with Crippen LogP contribution in [0.1, 0.15) is 50.5 Å². The molecule has 1 saturated carbocycles. The third-order valence-corrected chi connectivity index (χ3v) is 5.52. The van der Waals surface area contributed by atoms with Crippen LogP contribution in [-0.4, -0.2) is 25.5 Å². The zero-order valence-electron chi connectivity index (χ0n) is 14.2. The van der Waals surface area contributed by atoms with Crippen LogP contribution in [0, 0.1) is 11.7 Å². The number of nitrogens with one attached hydrogen (secondary N) is 2. The van der Waals surface area contributed by atoms with Crippen LogP contribution in [0.4, 0.5) is 4.39 Å². The molecule has 134 valence electrons. The number of hydrogen-bond acceptors (Lipinski definition) is 2. The van der Waals surface area contributed by atoms with Crippen molar-refractivity contribution in [1.82, 2.24) is 10.6 Å². The van der Waals surface area contributed by atoms with Gasteiger partial charge in [0.2, 0.25) is 5.91 Å². The lowest BCUT2D eigenvalue weighted by atomic mass is 9.68. The SMILES string of the molecule is Cl.O=C(NCCC1CCNC1)C1(c2cccc(F)c2)CCCCC1. The number of rotatable bonds is 5. The molecule has 3 rings (SSSR count). The third kappa shape index (κ3) is 4.28. The molecule has 0 radical (unpaired) electrons. The Bertz CT molecular complexity index is 540. The summed E-state index contributed by atoms with van der Waals surface area (Å²) in [7, 11) is 0. The molecule has 2 aliphatic rings. The van der Waals surface area contributed by atoms with Gasteiger partial charge in [-0.05, 0) is 62.4 Å². The van der Waals surface area contributed by atoms with Crippen molar-refractivity contribution in [3.63, 3.8) is 0 Å². The zero-order valence-corrected chi connectivity index (χ0v) is 15.0. The Balaban J connectivity index is 0.00000208. The van der Waals surface area contributed by atoms with E-state index in [9.17, 15) is 9.18 Å². The second-order valence-corrected chi connectivity index (χ2v) is 7.06. The van der Waals surface area contributed by atoms with E-state index >= 15 is 0 Å². The first kappa shape index (κ1) is 19.2. The number of halogens is 2. The van der Waals surface area contributed by atoms with Crippen LogP contribution in [0.5, 0.6) is 0 Å². The van der Waals surface area contributed by atoms with Crippen LogP contribution in [0.25, 0.3) is 0 Å². The van der Waals surface area contributed by atoms with Crippen LogP contribution in [0.3, 0.4) is 0 Å². The Hall–Kier alpha value is -1.13. The standard InChI is InChI=1S/C19H27FN2O.ClH/c20-17-6-4-5-16(13-17)19(9-2-1-3-10-19)18(23)22-12-8-15-7-11-21-14-15;/h4-6,13,15,21H,1-3,7-12,14H2,(H,22,23);1H. The van der Waals surface area contributed by atoms with Gasteiger partial charge in [0.15, 0.2) is 0 Å². The Morgan fingerprint density at radius 2 is 2.08 bits per heavy atom. The van der Waals surface area contributed by atoms with Gasteiger partial charge in [-0.3, -0.25) is 4.79 Å². The summed E-state index contributed by atoms with van der Waals surface area (Å²) in [6.45, 7) is 2.87. The maximum absolute atomic E-state index is 13.7. The molecule has 1 amide bonds. The van der Waals surface area contributed by atoms with Gasteiger partial charge in [-0.1, -0.05) is 31.4 Å². The average molecular weight is 355 g/mol. The summed E-state index contributed by atoms with van der Waals surface area (Å²) in [5, 5.41) is 6.51. The van der Waals surface area contributed by atoms with Crippen molar-refractivity contribution in [1.29, 1.82) is 0 Å². The fourth-order valence-corrected chi connectivity index (χ4v) is 4.11. The molecule has 1 heterocycles. The van der Waals surface area contributed by atoms with Gasteiger partial charge < -0.3 is 10.6 Å². The molecule has 2 fully saturated rings. The smallest absolute Gasteiger partial charge is 0.230 e. The molecule has 0 aromatic heterocycles. The Kier molecular flexibility index (Phi) is 7.05. The van der Waals surface area contributed by atoms with Crippen LogP contribution >= 0.6 is 12.4 Å². The molecule has 2 N–H and O–H groups in total. The molecular weight excluding hydrogens is 327 g/mol. The lowest BCUT2D eigenvalue weighted by Gasteiger charge is -2.36. The molecule has 1 saturated heterocycles. The van der Waals surface area contributed by atoms with E-state index in [1.807, 2.05) is 6.07 Å². The van der Waals surface area contributed by atoms with Gasteiger partial charge in [0.1, 0.15) is 5.82 Å². The van der Waals surface area contributed by atoms with E-state index in [0.29, 0.717) is 5.92 Å². The number of carbonyl (C=O) groups excluding carboxylic acids is 1. The van der Waals surface area contributed by atoms with Crippen molar-refractivity contribution < 1.29 is 9.18 Å². The summed E-state index contributed by atoms with van der Waals surface area (Å²) < 4.78 is 13.7. The lowest BCUT2D eigenvalue weighted by molar-refractivity contribution is -0.128. The van der Waals surface area contributed by atoms with Crippen LogP contribution in [-0.2, 0) is 10.2 Å². The molecular formula is C19H28ClFN2O. The highest BCUT2D eigenvalue weighted by atomic mass is 35.5. The summed E-state index contributed by atoms with van der Waals surface area (Å²) in [4.78, 5) is 13.0. The van der Waals surface area contributed by atoms with Gasteiger partial charge in [0.05, 0.1) is 5.41 Å². The largest absolute Gasteiger partial charge is 0.355 e. The van der Waals surface area contributed by atoms with Crippen LogP contribution in [0.15, 0.2) is 24.3 Å².